The second-order valence-electron chi connectivity index (χ2n) is 5.54. The zero-order chi connectivity index (χ0) is 16.0. The molecule has 0 N–H and O–H groups in total. The Hall–Kier alpha value is -1.27. The highest BCUT2D eigenvalue weighted by molar-refractivity contribution is 6.33. The van der Waals surface area contributed by atoms with Crippen molar-refractivity contribution in [2.45, 2.75) is 32.4 Å². The number of hydrogen-bond donors (Lipinski definition) is 0. The van der Waals surface area contributed by atoms with Crippen molar-refractivity contribution in [1.29, 1.82) is 0 Å². The van der Waals surface area contributed by atoms with Crippen LogP contribution in [-0.4, -0.2) is 14.8 Å². The first-order valence-electron chi connectivity index (χ1n) is 6.00. The lowest BCUT2D eigenvalue weighted by molar-refractivity contribution is -0.137. The summed E-state index contributed by atoms with van der Waals surface area (Å²) in [5, 5.41) is 7.76. The lowest BCUT2D eigenvalue weighted by atomic mass is 9.95. The maximum atomic E-state index is 12.9. The van der Waals surface area contributed by atoms with Crippen LogP contribution in [0.15, 0.2) is 18.2 Å². The monoisotopic (exact) mass is 337 g/mol. The molecule has 2 aromatic rings. The minimum absolute atomic E-state index is 0.0406. The number of benzene rings is 1. The van der Waals surface area contributed by atoms with Crippen LogP contribution in [0.25, 0.3) is 5.69 Å². The Morgan fingerprint density at radius 3 is 2.19 bits per heavy atom. The summed E-state index contributed by atoms with van der Waals surface area (Å²) in [7, 11) is 0. The van der Waals surface area contributed by atoms with Crippen LogP contribution in [0.1, 0.15) is 32.2 Å². The minimum Gasteiger partial charge on any atom is -0.268 e. The molecule has 114 valence electrons. The Morgan fingerprint density at radius 2 is 1.67 bits per heavy atom. The summed E-state index contributed by atoms with van der Waals surface area (Å²) < 4.78 is 39.9. The Bertz CT molecular complexity index is 672. The van der Waals surface area contributed by atoms with Gasteiger partial charge >= 0.3 is 6.18 Å². The lowest BCUT2D eigenvalue weighted by Gasteiger charge is -2.20. The summed E-state index contributed by atoms with van der Waals surface area (Å²) >= 11 is 12.0. The highest BCUT2D eigenvalue weighted by Gasteiger charge is 2.32. The molecule has 0 amide bonds. The molecule has 3 nitrogen and oxygen atoms in total. The van der Waals surface area contributed by atoms with E-state index in [9.17, 15) is 13.2 Å². The third kappa shape index (κ3) is 3.16. The first-order chi connectivity index (χ1) is 9.51. The molecule has 1 aromatic carbocycles. The topological polar surface area (TPSA) is 30.7 Å². The van der Waals surface area contributed by atoms with Gasteiger partial charge in [0.1, 0.15) is 5.82 Å². The summed E-state index contributed by atoms with van der Waals surface area (Å²) in [5.41, 5.74) is -1.17. The molecule has 8 heteroatoms. The zero-order valence-electron chi connectivity index (χ0n) is 11.5. The molecule has 0 saturated heterocycles. The normalized spacial score (nSPS) is 12.8. The molecular weight excluding hydrogens is 326 g/mol. The molecule has 21 heavy (non-hydrogen) atoms. The summed E-state index contributed by atoms with van der Waals surface area (Å²) in [4.78, 5) is 0. The van der Waals surface area contributed by atoms with Gasteiger partial charge in [-0.05, 0) is 29.8 Å². The Morgan fingerprint density at radius 1 is 1.05 bits per heavy atom. The average Bonchev–Trinajstić information content (AvgIpc) is 2.70. The fourth-order valence-corrected chi connectivity index (χ4v) is 2.24. The fourth-order valence-electron chi connectivity index (χ4n) is 1.82. The Kier molecular flexibility index (Phi) is 3.97. The van der Waals surface area contributed by atoms with Crippen LogP contribution in [0.4, 0.5) is 13.2 Å². The van der Waals surface area contributed by atoms with Crippen LogP contribution in [0.2, 0.25) is 10.3 Å². The van der Waals surface area contributed by atoms with Crippen molar-refractivity contribution in [3.8, 4) is 5.69 Å². The molecule has 0 atom stereocenters. The fraction of sp³-hybridized carbons (Fsp3) is 0.385. The second-order valence-corrected chi connectivity index (χ2v) is 6.29. The molecule has 0 aliphatic heterocycles. The zero-order valence-corrected chi connectivity index (χ0v) is 13.0. The van der Waals surface area contributed by atoms with E-state index >= 15 is 0 Å². The first kappa shape index (κ1) is 16.1. The molecule has 0 bridgehead atoms. The van der Waals surface area contributed by atoms with E-state index in [1.807, 2.05) is 20.8 Å². The molecule has 0 radical (unpaired) electrons. The molecule has 1 heterocycles. The van der Waals surface area contributed by atoms with Gasteiger partial charge < -0.3 is 0 Å². The van der Waals surface area contributed by atoms with Gasteiger partial charge in [0.15, 0.2) is 0 Å². The number of halogens is 5. The molecule has 0 unspecified atom stereocenters. The SMILES string of the molecule is CC(C)(C)c1nnc(Cl)n1-c1cc(C(F)(F)F)ccc1Cl. The highest BCUT2D eigenvalue weighted by atomic mass is 35.5. The quantitative estimate of drug-likeness (QED) is 0.741. The number of alkyl halides is 3. The summed E-state index contributed by atoms with van der Waals surface area (Å²) in [6.07, 6.45) is -4.47. The predicted octanol–water partition coefficient (Wildman–Crippen LogP) is 4.89. The summed E-state index contributed by atoms with van der Waals surface area (Å²) in [6, 6.07) is 3.04. The van der Waals surface area contributed by atoms with Crippen LogP contribution < -0.4 is 0 Å². The molecular formula is C13H12Cl2F3N3. The average molecular weight is 338 g/mol. The molecule has 1 aromatic heterocycles. The van der Waals surface area contributed by atoms with Crippen molar-refractivity contribution in [2.75, 3.05) is 0 Å². The van der Waals surface area contributed by atoms with Crippen molar-refractivity contribution in [1.82, 2.24) is 14.8 Å². The minimum atomic E-state index is -4.47. The number of rotatable bonds is 1. The van der Waals surface area contributed by atoms with Crippen molar-refractivity contribution >= 4 is 23.2 Å². The van der Waals surface area contributed by atoms with E-state index < -0.39 is 17.2 Å². The van der Waals surface area contributed by atoms with Crippen LogP contribution in [0.3, 0.4) is 0 Å². The highest BCUT2D eigenvalue weighted by Crippen LogP contribution is 2.35. The van der Waals surface area contributed by atoms with Crippen molar-refractivity contribution in [2.24, 2.45) is 0 Å². The van der Waals surface area contributed by atoms with Gasteiger partial charge in [0.2, 0.25) is 5.28 Å². The third-order valence-corrected chi connectivity index (χ3v) is 3.37. The Balaban J connectivity index is 2.71. The number of aromatic nitrogens is 3. The lowest BCUT2D eigenvalue weighted by Crippen LogP contribution is -2.19. The van der Waals surface area contributed by atoms with Crippen LogP contribution in [0.5, 0.6) is 0 Å². The van der Waals surface area contributed by atoms with Crippen molar-refractivity contribution in [3.05, 3.63) is 39.9 Å². The van der Waals surface area contributed by atoms with Crippen molar-refractivity contribution < 1.29 is 13.2 Å². The van der Waals surface area contributed by atoms with Crippen LogP contribution in [0, 0.1) is 0 Å². The van der Waals surface area contributed by atoms with Gasteiger partial charge in [-0.15, -0.1) is 10.2 Å². The predicted molar refractivity (Wildman–Crippen MR) is 75.1 cm³/mol. The standard InChI is InChI=1S/C13H12Cl2F3N3/c1-12(2,3)10-19-20-11(15)21(10)9-6-7(13(16,17)18)4-5-8(9)14/h4-6H,1-3H3. The maximum absolute atomic E-state index is 12.9. The van der Waals surface area contributed by atoms with Gasteiger partial charge in [-0.25, -0.2) is 0 Å². The van der Waals surface area contributed by atoms with Gasteiger partial charge in [0, 0.05) is 5.41 Å². The molecule has 0 saturated carbocycles. The van der Waals surface area contributed by atoms with Gasteiger partial charge in [-0.3, -0.25) is 4.57 Å². The smallest absolute Gasteiger partial charge is 0.268 e. The largest absolute Gasteiger partial charge is 0.416 e. The van der Waals surface area contributed by atoms with E-state index in [0.29, 0.717) is 5.82 Å². The van der Waals surface area contributed by atoms with Crippen LogP contribution in [-0.2, 0) is 11.6 Å². The first-order valence-corrected chi connectivity index (χ1v) is 6.76. The Labute approximate surface area is 129 Å². The molecule has 0 aliphatic carbocycles. The number of nitrogens with zero attached hydrogens (tertiary/aromatic N) is 3. The molecule has 0 aliphatic rings. The summed E-state index contributed by atoms with van der Waals surface area (Å²) in [6.45, 7) is 5.56. The van der Waals surface area contributed by atoms with Gasteiger partial charge in [0.05, 0.1) is 16.3 Å². The third-order valence-electron chi connectivity index (χ3n) is 2.81. The van der Waals surface area contributed by atoms with Crippen LogP contribution >= 0.6 is 23.2 Å². The van der Waals surface area contributed by atoms with E-state index in [4.69, 9.17) is 23.2 Å². The van der Waals surface area contributed by atoms with Gasteiger partial charge in [-0.2, -0.15) is 13.2 Å². The second kappa shape index (κ2) is 5.18. The van der Waals surface area contributed by atoms with E-state index in [0.717, 1.165) is 12.1 Å². The maximum Gasteiger partial charge on any atom is 0.416 e. The number of hydrogen-bond acceptors (Lipinski definition) is 2. The molecule has 0 spiro atoms. The van der Waals surface area contributed by atoms with Gasteiger partial charge in [0.25, 0.3) is 0 Å². The molecule has 2 rings (SSSR count). The van der Waals surface area contributed by atoms with Crippen molar-refractivity contribution in [3.63, 3.8) is 0 Å². The van der Waals surface area contributed by atoms with E-state index in [-0.39, 0.29) is 16.0 Å². The van der Waals surface area contributed by atoms with E-state index in [2.05, 4.69) is 10.2 Å². The van der Waals surface area contributed by atoms with E-state index in [1.165, 1.54) is 10.6 Å². The van der Waals surface area contributed by atoms with Gasteiger partial charge in [-0.1, -0.05) is 32.4 Å². The summed E-state index contributed by atoms with van der Waals surface area (Å²) in [5.74, 6) is 0.425. The van der Waals surface area contributed by atoms with E-state index in [1.54, 1.807) is 0 Å². The molecule has 0 fully saturated rings.